The molecule has 1 aromatic heterocycles. The van der Waals surface area contributed by atoms with Gasteiger partial charge in [-0.15, -0.1) is 0 Å². The molecule has 30 heavy (non-hydrogen) atoms. The fraction of sp³-hybridized carbons (Fsp3) is 0.476. The Balaban J connectivity index is 2.07. The van der Waals surface area contributed by atoms with Crippen molar-refractivity contribution in [2.45, 2.75) is 39.9 Å². The van der Waals surface area contributed by atoms with Crippen molar-refractivity contribution in [3.05, 3.63) is 40.4 Å². The van der Waals surface area contributed by atoms with Crippen molar-refractivity contribution in [3.63, 3.8) is 0 Å². The first kappa shape index (κ1) is 22.2. The van der Waals surface area contributed by atoms with E-state index in [9.17, 15) is 14.0 Å². The Hall–Kier alpha value is -2.45. The van der Waals surface area contributed by atoms with Crippen LogP contribution < -0.4 is 10.6 Å². The lowest BCUT2D eigenvalue weighted by atomic mass is 9.86. The average molecular weight is 436 g/mol. The zero-order chi connectivity index (χ0) is 22.2. The van der Waals surface area contributed by atoms with E-state index in [1.165, 1.54) is 25.2 Å². The Bertz CT molecular complexity index is 983. The molecule has 0 bridgehead atoms. The van der Waals surface area contributed by atoms with Crippen LogP contribution in [0.5, 0.6) is 0 Å². The van der Waals surface area contributed by atoms with Gasteiger partial charge in [0.05, 0.1) is 11.3 Å². The van der Waals surface area contributed by atoms with Gasteiger partial charge in [0, 0.05) is 31.7 Å². The molecule has 3 rings (SSSR count). The van der Waals surface area contributed by atoms with Crippen LogP contribution in [0.3, 0.4) is 0 Å². The van der Waals surface area contributed by atoms with E-state index < -0.39 is 23.2 Å². The van der Waals surface area contributed by atoms with Crippen LogP contribution in [0.2, 0.25) is 5.02 Å². The Kier molecular flexibility index (Phi) is 6.19. The number of hydrogen-bond donors (Lipinski definition) is 2. The third-order valence-corrected chi connectivity index (χ3v) is 5.47. The minimum absolute atomic E-state index is 0.189. The monoisotopic (exact) mass is 435 g/mol. The van der Waals surface area contributed by atoms with E-state index >= 15 is 0 Å². The van der Waals surface area contributed by atoms with Gasteiger partial charge in [-0.1, -0.05) is 32.4 Å². The number of hydrogen-bond acceptors (Lipinski definition) is 4. The number of carbonyl (C=O) groups excluding carboxylic acids is 2. The number of nitrogens with zero attached hydrogens (tertiary/aromatic N) is 3. The lowest BCUT2D eigenvalue weighted by Crippen LogP contribution is -2.53. The summed E-state index contributed by atoms with van der Waals surface area (Å²) in [6.07, 6.45) is 0. The van der Waals surface area contributed by atoms with Crippen LogP contribution in [0.15, 0.2) is 18.2 Å². The fourth-order valence-electron chi connectivity index (χ4n) is 3.57. The highest BCUT2D eigenvalue weighted by Gasteiger charge is 2.35. The fourth-order valence-corrected chi connectivity index (χ4v) is 3.74. The minimum atomic E-state index is -0.750. The molecule has 1 aliphatic heterocycles. The predicted octanol–water partition coefficient (Wildman–Crippen LogP) is 2.68. The van der Waals surface area contributed by atoms with Crippen LogP contribution >= 0.6 is 11.6 Å². The Morgan fingerprint density at radius 3 is 2.60 bits per heavy atom. The van der Waals surface area contributed by atoms with Crippen LogP contribution in [0.1, 0.15) is 37.0 Å². The van der Waals surface area contributed by atoms with Crippen LogP contribution in [0, 0.1) is 11.2 Å². The molecule has 1 atom stereocenters. The van der Waals surface area contributed by atoms with E-state index in [4.69, 9.17) is 11.6 Å². The molecule has 1 aromatic carbocycles. The first-order valence-electron chi connectivity index (χ1n) is 9.78. The SMILES string of the molecule is CNC(=O)C(NC(=O)c1nc(-c2cc(Cl)ccc2F)n2c1CN(C)CC2)C(C)(C)C. The zero-order valence-corrected chi connectivity index (χ0v) is 18.6. The van der Waals surface area contributed by atoms with Gasteiger partial charge in [-0.25, -0.2) is 9.37 Å². The molecule has 0 fully saturated rings. The quantitative estimate of drug-likeness (QED) is 0.773. The minimum Gasteiger partial charge on any atom is -0.357 e. The summed E-state index contributed by atoms with van der Waals surface area (Å²) in [6, 6.07) is 3.52. The van der Waals surface area contributed by atoms with E-state index in [1.54, 1.807) is 0 Å². The lowest BCUT2D eigenvalue weighted by molar-refractivity contribution is -0.124. The summed E-state index contributed by atoms with van der Waals surface area (Å²) < 4.78 is 16.4. The van der Waals surface area contributed by atoms with E-state index in [2.05, 4.69) is 20.5 Å². The van der Waals surface area contributed by atoms with Crippen LogP contribution in [0.25, 0.3) is 11.4 Å². The Morgan fingerprint density at radius 2 is 1.97 bits per heavy atom. The van der Waals surface area contributed by atoms with Gasteiger partial charge in [0.25, 0.3) is 5.91 Å². The van der Waals surface area contributed by atoms with Crippen molar-refractivity contribution in [1.29, 1.82) is 0 Å². The molecular formula is C21H27ClFN5O2. The largest absolute Gasteiger partial charge is 0.357 e. The molecule has 0 aliphatic carbocycles. The van der Waals surface area contributed by atoms with Gasteiger partial charge in [-0.3, -0.25) is 14.5 Å². The van der Waals surface area contributed by atoms with Crippen LogP contribution in [0.4, 0.5) is 4.39 Å². The second-order valence-electron chi connectivity index (χ2n) is 8.63. The highest BCUT2D eigenvalue weighted by Crippen LogP contribution is 2.30. The molecule has 2 N–H and O–H groups in total. The number of nitrogens with one attached hydrogen (secondary N) is 2. The van der Waals surface area contributed by atoms with Crippen molar-refractivity contribution in [3.8, 4) is 11.4 Å². The number of likely N-dealkylation sites (N-methyl/N-ethyl adjacent to an activating group) is 2. The molecule has 162 valence electrons. The summed E-state index contributed by atoms with van der Waals surface area (Å²) in [4.78, 5) is 32.1. The normalized spacial score (nSPS) is 15.4. The number of amides is 2. The summed E-state index contributed by atoms with van der Waals surface area (Å²) in [7, 11) is 3.47. The Labute approximate surface area is 180 Å². The van der Waals surface area contributed by atoms with Gasteiger partial charge >= 0.3 is 0 Å². The summed E-state index contributed by atoms with van der Waals surface area (Å²) in [5.74, 6) is -0.861. The number of halogens is 2. The molecule has 0 saturated heterocycles. The zero-order valence-electron chi connectivity index (χ0n) is 17.8. The van der Waals surface area contributed by atoms with Crippen LogP contribution in [-0.4, -0.2) is 52.9 Å². The second-order valence-corrected chi connectivity index (χ2v) is 9.07. The van der Waals surface area contributed by atoms with Crippen LogP contribution in [-0.2, 0) is 17.9 Å². The van der Waals surface area contributed by atoms with Gasteiger partial charge in [0.15, 0.2) is 5.69 Å². The third kappa shape index (κ3) is 4.34. The number of fused-ring (bicyclic) bond motifs is 1. The molecule has 0 spiro atoms. The first-order valence-corrected chi connectivity index (χ1v) is 10.2. The second kappa shape index (κ2) is 8.35. The summed E-state index contributed by atoms with van der Waals surface area (Å²) in [5.41, 5.74) is 0.606. The molecule has 9 heteroatoms. The van der Waals surface area contributed by atoms with Gasteiger partial charge < -0.3 is 15.2 Å². The summed E-state index contributed by atoms with van der Waals surface area (Å²) in [5, 5.41) is 5.79. The molecule has 1 unspecified atom stereocenters. The van der Waals surface area contributed by atoms with Gasteiger partial charge in [-0.2, -0.15) is 0 Å². The molecular weight excluding hydrogens is 409 g/mol. The smallest absolute Gasteiger partial charge is 0.272 e. The maximum Gasteiger partial charge on any atom is 0.272 e. The van der Waals surface area contributed by atoms with E-state index in [-0.39, 0.29) is 17.2 Å². The highest BCUT2D eigenvalue weighted by atomic mass is 35.5. The average Bonchev–Trinajstić information content (AvgIpc) is 3.04. The molecule has 1 aliphatic rings. The molecule has 0 saturated carbocycles. The van der Waals surface area contributed by atoms with E-state index in [0.29, 0.717) is 29.6 Å². The van der Waals surface area contributed by atoms with Crippen molar-refractivity contribution < 1.29 is 14.0 Å². The Morgan fingerprint density at radius 1 is 1.27 bits per heavy atom. The van der Waals surface area contributed by atoms with Crippen molar-refractivity contribution in [2.75, 3.05) is 20.6 Å². The molecule has 7 nitrogen and oxygen atoms in total. The van der Waals surface area contributed by atoms with E-state index in [0.717, 1.165) is 6.54 Å². The van der Waals surface area contributed by atoms with Crippen molar-refractivity contribution in [2.24, 2.45) is 5.41 Å². The van der Waals surface area contributed by atoms with Gasteiger partial charge in [-0.05, 0) is 30.7 Å². The van der Waals surface area contributed by atoms with Crippen molar-refractivity contribution >= 4 is 23.4 Å². The molecule has 0 radical (unpaired) electrons. The number of carbonyl (C=O) groups is 2. The third-order valence-electron chi connectivity index (χ3n) is 5.23. The topological polar surface area (TPSA) is 79.3 Å². The first-order chi connectivity index (χ1) is 14.0. The number of aromatic nitrogens is 2. The molecule has 2 amide bonds. The summed E-state index contributed by atoms with van der Waals surface area (Å²) >= 11 is 6.08. The lowest BCUT2D eigenvalue weighted by Gasteiger charge is -2.30. The predicted molar refractivity (Wildman–Crippen MR) is 114 cm³/mol. The van der Waals surface area contributed by atoms with Crippen molar-refractivity contribution in [1.82, 2.24) is 25.1 Å². The van der Waals surface area contributed by atoms with Gasteiger partial charge in [0.2, 0.25) is 5.91 Å². The molecule has 2 aromatic rings. The molecule has 2 heterocycles. The number of imidazole rings is 1. The number of benzene rings is 1. The standard InChI is InChI=1S/C21H27ClFN5O2/c1-21(2,3)17(20(30)24-4)26-19(29)16-15-11-27(5)8-9-28(15)18(25-16)13-10-12(22)6-7-14(13)23/h6-7,10,17H,8-9,11H2,1-5H3,(H,24,30)(H,26,29). The maximum atomic E-state index is 14.6. The number of rotatable bonds is 4. The highest BCUT2D eigenvalue weighted by molar-refractivity contribution is 6.30. The maximum absolute atomic E-state index is 14.6. The van der Waals surface area contributed by atoms with Gasteiger partial charge in [0.1, 0.15) is 17.7 Å². The van der Waals surface area contributed by atoms with E-state index in [1.807, 2.05) is 32.4 Å². The summed E-state index contributed by atoms with van der Waals surface area (Å²) in [6.45, 7) is 7.40.